The van der Waals surface area contributed by atoms with Crippen LogP contribution in [0.3, 0.4) is 0 Å². The second-order valence-corrected chi connectivity index (χ2v) is 11.7. The van der Waals surface area contributed by atoms with Crippen LogP contribution in [0.2, 0.25) is 0 Å². The fourth-order valence-electron chi connectivity index (χ4n) is 5.47. The van der Waals surface area contributed by atoms with Crippen LogP contribution in [-0.4, -0.2) is 74.9 Å². The maximum absolute atomic E-state index is 14.3. The first-order valence-electron chi connectivity index (χ1n) is 14.8. The second kappa shape index (κ2) is 14.9. The van der Waals surface area contributed by atoms with Gasteiger partial charge in [-0.1, -0.05) is 99.6 Å². The van der Waals surface area contributed by atoms with Gasteiger partial charge in [-0.15, -0.1) is 0 Å². The van der Waals surface area contributed by atoms with Gasteiger partial charge in [0.2, 0.25) is 0 Å². The van der Waals surface area contributed by atoms with Gasteiger partial charge >= 0.3 is 0 Å². The van der Waals surface area contributed by atoms with Crippen LogP contribution in [0, 0.1) is 5.41 Å². The summed E-state index contributed by atoms with van der Waals surface area (Å²) < 4.78 is 2.20. The molecule has 1 amide bonds. The molecule has 42 heavy (non-hydrogen) atoms. The van der Waals surface area contributed by atoms with Crippen molar-refractivity contribution in [1.29, 1.82) is 0 Å². The van der Waals surface area contributed by atoms with Gasteiger partial charge in [-0.2, -0.15) is 0 Å². The summed E-state index contributed by atoms with van der Waals surface area (Å²) in [6.45, 7) is 9.30. The van der Waals surface area contributed by atoms with E-state index in [9.17, 15) is 15.0 Å². The summed E-state index contributed by atoms with van der Waals surface area (Å²) in [6, 6.07) is 29.6. The summed E-state index contributed by atoms with van der Waals surface area (Å²) >= 11 is 0. The molecule has 4 aromatic rings. The lowest BCUT2D eigenvalue weighted by Gasteiger charge is -2.40. The van der Waals surface area contributed by atoms with Gasteiger partial charge < -0.3 is 19.7 Å². The van der Waals surface area contributed by atoms with E-state index in [1.54, 1.807) is 0 Å². The molecule has 0 aliphatic rings. The number of nitrogens with zero attached hydrogens (tertiary/aromatic N) is 4. The van der Waals surface area contributed by atoms with Crippen molar-refractivity contribution in [1.82, 2.24) is 19.4 Å². The van der Waals surface area contributed by atoms with Crippen molar-refractivity contribution in [3.05, 3.63) is 114 Å². The van der Waals surface area contributed by atoms with Gasteiger partial charge in [0.15, 0.2) is 0 Å². The third-order valence-electron chi connectivity index (χ3n) is 7.44. The number of amides is 1. The molecular weight excluding hydrogens is 524 g/mol. The molecule has 0 spiro atoms. The highest BCUT2D eigenvalue weighted by atomic mass is 16.3. The fraction of sp³-hybridized carbons (Fsp3) is 0.371. The maximum atomic E-state index is 14.3. The van der Waals surface area contributed by atoms with Crippen molar-refractivity contribution in [2.45, 2.75) is 39.8 Å². The summed E-state index contributed by atoms with van der Waals surface area (Å²) in [5.41, 5.74) is 3.36. The Kier molecular flexibility index (Phi) is 11.1. The summed E-state index contributed by atoms with van der Waals surface area (Å²) in [6.07, 6.45) is 2.79. The van der Waals surface area contributed by atoms with Gasteiger partial charge in [0, 0.05) is 50.0 Å². The fourth-order valence-corrected chi connectivity index (χ4v) is 5.47. The van der Waals surface area contributed by atoms with Crippen LogP contribution in [0.1, 0.15) is 55.0 Å². The van der Waals surface area contributed by atoms with Crippen molar-refractivity contribution in [3.8, 4) is 11.3 Å². The largest absolute Gasteiger partial charge is 0.395 e. The Balaban J connectivity index is 1.79. The van der Waals surface area contributed by atoms with Crippen LogP contribution in [0.5, 0.6) is 0 Å². The number of rotatable bonds is 14. The maximum Gasteiger partial charge on any atom is 0.254 e. The van der Waals surface area contributed by atoms with Crippen LogP contribution in [-0.2, 0) is 6.54 Å². The molecule has 222 valence electrons. The predicted molar refractivity (Wildman–Crippen MR) is 168 cm³/mol. The molecule has 0 fully saturated rings. The summed E-state index contributed by atoms with van der Waals surface area (Å²) in [5.74, 6) is 0.805. The number of benzene rings is 3. The lowest BCUT2D eigenvalue weighted by Crippen LogP contribution is -2.44. The molecule has 7 nitrogen and oxygen atoms in total. The zero-order valence-corrected chi connectivity index (χ0v) is 25.1. The zero-order chi connectivity index (χ0) is 30.0. The number of imidazole rings is 1. The van der Waals surface area contributed by atoms with E-state index in [2.05, 4.69) is 55.8 Å². The summed E-state index contributed by atoms with van der Waals surface area (Å²) in [7, 11) is 0. The minimum atomic E-state index is -0.339. The number of aliphatic hydroxyl groups is 2. The molecule has 0 aliphatic heterocycles. The molecule has 3 aromatic carbocycles. The molecule has 0 radical (unpaired) electrons. The minimum Gasteiger partial charge on any atom is -0.395 e. The molecule has 0 saturated heterocycles. The van der Waals surface area contributed by atoms with E-state index >= 15 is 0 Å². The summed E-state index contributed by atoms with van der Waals surface area (Å²) in [4.78, 5) is 23.5. The van der Waals surface area contributed by atoms with E-state index < -0.39 is 0 Å². The zero-order valence-electron chi connectivity index (χ0n) is 25.1. The first-order chi connectivity index (χ1) is 20.3. The Labute approximate surface area is 250 Å². The first kappa shape index (κ1) is 31.2. The number of carbonyl (C=O) groups excluding carboxylic acids is 1. The third kappa shape index (κ3) is 8.16. The molecular formula is C35H44N4O3. The standard InChI is InChI=1S/C35H44N4O3/c1-35(2,3)32(39(34(42)30-18-11-6-12-19-30)21-13-20-37(22-24-40)23-25-41)33-36-31(29-16-9-5-10-17-29)27-38(33)26-28-14-7-4-8-15-28/h4-12,14-19,27,32,40-41H,13,20-26H2,1-3H3/t32-/m0/s1. The molecule has 2 N–H and O–H groups in total. The minimum absolute atomic E-state index is 0.0243. The van der Waals surface area contributed by atoms with Crippen molar-refractivity contribution in [2.75, 3.05) is 39.4 Å². The van der Waals surface area contributed by atoms with Crippen molar-refractivity contribution < 1.29 is 15.0 Å². The van der Waals surface area contributed by atoms with Crippen LogP contribution >= 0.6 is 0 Å². The van der Waals surface area contributed by atoms with Gasteiger partial charge in [0.05, 0.1) is 24.9 Å². The average Bonchev–Trinajstić information content (AvgIpc) is 3.40. The van der Waals surface area contributed by atoms with Crippen molar-refractivity contribution >= 4 is 5.91 Å². The Morgan fingerprint density at radius 2 is 1.38 bits per heavy atom. The highest BCUT2D eigenvalue weighted by Crippen LogP contribution is 2.40. The number of hydrogen-bond acceptors (Lipinski definition) is 5. The molecule has 4 rings (SSSR count). The van der Waals surface area contributed by atoms with Crippen molar-refractivity contribution in [3.63, 3.8) is 0 Å². The lowest BCUT2D eigenvalue weighted by atomic mass is 9.84. The van der Waals surface area contributed by atoms with Gasteiger partial charge in [-0.25, -0.2) is 4.98 Å². The van der Waals surface area contributed by atoms with Crippen molar-refractivity contribution in [2.24, 2.45) is 5.41 Å². The normalized spacial score (nSPS) is 12.4. The first-order valence-corrected chi connectivity index (χ1v) is 14.8. The molecule has 0 aliphatic carbocycles. The van der Waals surface area contributed by atoms with Gasteiger partial charge in [0.25, 0.3) is 5.91 Å². The van der Waals surface area contributed by atoms with E-state index in [4.69, 9.17) is 4.98 Å². The van der Waals surface area contributed by atoms with Gasteiger partial charge in [0.1, 0.15) is 5.82 Å². The Hall–Kier alpha value is -3.78. The third-order valence-corrected chi connectivity index (χ3v) is 7.44. The van der Waals surface area contributed by atoms with Crippen LogP contribution in [0.15, 0.2) is 97.2 Å². The lowest BCUT2D eigenvalue weighted by molar-refractivity contribution is 0.0464. The Morgan fingerprint density at radius 1 is 0.810 bits per heavy atom. The molecule has 7 heteroatoms. The smallest absolute Gasteiger partial charge is 0.254 e. The highest BCUT2D eigenvalue weighted by molar-refractivity contribution is 5.94. The summed E-state index contributed by atoms with van der Waals surface area (Å²) in [5, 5.41) is 19.0. The number of carbonyl (C=O) groups is 1. The Morgan fingerprint density at radius 3 is 1.95 bits per heavy atom. The SMILES string of the molecule is CC(C)(C)[C@H](c1nc(-c2ccccc2)cn1Cc1ccccc1)N(CCCN(CCO)CCO)C(=O)c1ccccc1. The predicted octanol–water partition coefficient (Wildman–Crippen LogP) is 5.50. The van der Waals surface area contributed by atoms with E-state index in [1.165, 1.54) is 0 Å². The number of hydrogen-bond donors (Lipinski definition) is 2. The molecule has 1 heterocycles. The molecule has 1 atom stereocenters. The average molecular weight is 569 g/mol. The van der Waals surface area contributed by atoms with Crippen LogP contribution < -0.4 is 0 Å². The molecule has 0 saturated carbocycles. The van der Waals surface area contributed by atoms with Crippen LogP contribution in [0.25, 0.3) is 11.3 Å². The quantitative estimate of drug-likeness (QED) is 0.210. The number of aliphatic hydroxyl groups excluding tert-OH is 2. The highest BCUT2D eigenvalue weighted by Gasteiger charge is 2.38. The topological polar surface area (TPSA) is 81.8 Å². The van der Waals surface area contributed by atoms with E-state index in [0.717, 1.165) is 22.6 Å². The molecule has 0 unspecified atom stereocenters. The molecule has 0 bridgehead atoms. The van der Waals surface area contributed by atoms with Gasteiger partial charge in [-0.3, -0.25) is 9.69 Å². The van der Waals surface area contributed by atoms with E-state index in [1.807, 2.05) is 76.5 Å². The molecule has 1 aromatic heterocycles. The van der Waals surface area contributed by atoms with Crippen LogP contribution in [0.4, 0.5) is 0 Å². The van der Waals surface area contributed by atoms with E-state index in [-0.39, 0.29) is 30.6 Å². The van der Waals surface area contributed by atoms with E-state index in [0.29, 0.717) is 44.7 Å². The monoisotopic (exact) mass is 568 g/mol. The van der Waals surface area contributed by atoms with Gasteiger partial charge in [-0.05, 0) is 29.5 Å². The second-order valence-electron chi connectivity index (χ2n) is 11.7. The Bertz CT molecular complexity index is 1360. The number of aromatic nitrogens is 2.